The number of hydrogen-bond donors (Lipinski definition) is 0. The van der Waals surface area contributed by atoms with Crippen molar-refractivity contribution in [3.8, 4) is 0 Å². The van der Waals surface area contributed by atoms with Crippen LogP contribution in [-0.2, 0) is 0 Å². The Morgan fingerprint density at radius 1 is 1.62 bits per heavy atom. The summed E-state index contributed by atoms with van der Waals surface area (Å²) < 4.78 is 1.13. The van der Waals surface area contributed by atoms with Crippen LogP contribution in [0.5, 0.6) is 0 Å². The van der Waals surface area contributed by atoms with Gasteiger partial charge in [-0.25, -0.2) is 0 Å². The number of pyridine rings is 1. The Bertz CT molecular complexity index is 392. The third kappa shape index (κ3) is 3.24. The van der Waals surface area contributed by atoms with Gasteiger partial charge in [0.05, 0.1) is 0 Å². The minimum absolute atomic E-state index is 0.363. The molecule has 1 rings (SSSR count). The van der Waals surface area contributed by atoms with E-state index in [4.69, 9.17) is 0 Å². The summed E-state index contributed by atoms with van der Waals surface area (Å²) in [5, 5.41) is 2.35. The van der Waals surface area contributed by atoms with Gasteiger partial charge in [0.25, 0.3) is 0 Å². The van der Waals surface area contributed by atoms with E-state index in [2.05, 4.69) is 49.8 Å². The second kappa shape index (κ2) is 4.91. The van der Waals surface area contributed by atoms with Gasteiger partial charge in [-0.2, -0.15) is 0 Å². The molecule has 0 bridgehead atoms. The third-order valence-electron chi connectivity index (χ3n) is 1.63. The molecule has 0 aliphatic rings. The molecule has 0 saturated carbocycles. The van der Waals surface area contributed by atoms with E-state index in [1.165, 1.54) is 5.22 Å². The monoisotopic (exact) mass is 303 g/mol. The van der Waals surface area contributed by atoms with Crippen LogP contribution in [0, 0.1) is 0 Å². The molecule has 0 aliphatic carbocycles. The number of rotatable bonds is 1. The van der Waals surface area contributed by atoms with Gasteiger partial charge in [-0.05, 0) is 34.8 Å². The Balaban J connectivity index is 3.47. The predicted molar refractivity (Wildman–Crippen MR) is 64.4 cm³/mol. The van der Waals surface area contributed by atoms with Crippen molar-refractivity contribution in [2.45, 2.75) is 18.7 Å². The first kappa shape index (κ1) is 10.9. The zero-order valence-corrected chi connectivity index (χ0v) is 10.8. The summed E-state index contributed by atoms with van der Waals surface area (Å²) >= 11 is 6.96. The molecule has 0 aromatic carbocycles. The maximum atomic E-state index is 4.09. The van der Waals surface area contributed by atoms with Crippen LogP contribution in [0.15, 0.2) is 18.5 Å². The molecule has 70 valence electrons. The molecule has 0 fully saturated rings. The Labute approximate surface area is 94.8 Å². The molecule has 1 nitrogen and oxygen atoms in total. The van der Waals surface area contributed by atoms with E-state index < -0.39 is 0 Å². The molecule has 0 amide bonds. The Kier molecular flexibility index (Phi) is 4.13. The average molecular weight is 305 g/mol. The van der Waals surface area contributed by atoms with E-state index in [-0.39, 0.29) is 0 Å². The van der Waals surface area contributed by atoms with E-state index >= 15 is 0 Å². The minimum atomic E-state index is 0.363. The van der Waals surface area contributed by atoms with E-state index in [9.17, 15) is 0 Å². The van der Waals surface area contributed by atoms with Crippen LogP contribution in [0.1, 0.15) is 13.8 Å². The molecule has 0 N–H and O–H groups in total. The van der Waals surface area contributed by atoms with E-state index in [1.54, 1.807) is 6.20 Å². The summed E-state index contributed by atoms with van der Waals surface area (Å²) in [5.74, 6) is 0. The maximum Gasteiger partial charge on any atom is 0.0343 e. The molecule has 1 aromatic heterocycles. The van der Waals surface area contributed by atoms with Crippen LogP contribution in [-0.4, -0.2) is 9.81 Å². The SMILES string of the molecule is C/C(Br)=c1/ccnc/c1=C/C(C)Br. The van der Waals surface area contributed by atoms with Gasteiger partial charge >= 0.3 is 0 Å². The number of hydrogen-bond acceptors (Lipinski definition) is 1. The van der Waals surface area contributed by atoms with Crippen molar-refractivity contribution in [3.63, 3.8) is 0 Å². The maximum absolute atomic E-state index is 4.09. The summed E-state index contributed by atoms with van der Waals surface area (Å²) in [5.41, 5.74) is 0. The second-order valence-corrected chi connectivity index (χ2v) is 5.47. The fourth-order valence-corrected chi connectivity index (χ4v) is 1.75. The number of aromatic nitrogens is 1. The standard InChI is InChI=1S/C10H11Br2N/c1-7(11)5-9-6-13-4-3-10(9)8(2)12/h3-7H,1-2H3/b9-5-,10-8+. The summed E-state index contributed by atoms with van der Waals surface area (Å²) in [6, 6.07) is 2.01. The number of nitrogens with zero attached hydrogens (tertiary/aromatic N) is 1. The van der Waals surface area contributed by atoms with E-state index in [0.29, 0.717) is 4.83 Å². The fourth-order valence-electron chi connectivity index (χ4n) is 1.10. The molecule has 0 aliphatic heterocycles. The predicted octanol–water partition coefficient (Wildman–Crippen LogP) is 2.17. The molecule has 0 spiro atoms. The molecular formula is C10H11Br2N. The molecular weight excluding hydrogens is 294 g/mol. The second-order valence-electron chi connectivity index (χ2n) is 2.84. The minimum Gasteiger partial charge on any atom is -0.264 e. The topological polar surface area (TPSA) is 12.9 Å². The molecule has 0 radical (unpaired) electrons. The molecule has 1 unspecified atom stereocenters. The van der Waals surface area contributed by atoms with Crippen molar-refractivity contribution in [2.24, 2.45) is 0 Å². The van der Waals surface area contributed by atoms with Crippen molar-refractivity contribution in [3.05, 3.63) is 28.9 Å². The average Bonchev–Trinajstić information content (AvgIpc) is 2.03. The van der Waals surface area contributed by atoms with E-state index in [0.717, 1.165) is 9.70 Å². The first-order valence-corrected chi connectivity index (χ1v) is 5.74. The highest BCUT2D eigenvalue weighted by molar-refractivity contribution is 9.14. The first-order valence-electron chi connectivity index (χ1n) is 4.03. The summed E-state index contributed by atoms with van der Waals surface area (Å²) in [7, 11) is 0. The van der Waals surface area contributed by atoms with Crippen molar-refractivity contribution < 1.29 is 0 Å². The molecule has 1 atom stereocenters. The van der Waals surface area contributed by atoms with Crippen molar-refractivity contribution in [1.29, 1.82) is 0 Å². The zero-order chi connectivity index (χ0) is 9.84. The highest BCUT2D eigenvalue weighted by Crippen LogP contribution is 1.99. The third-order valence-corrected chi connectivity index (χ3v) is 2.32. The largest absolute Gasteiger partial charge is 0.264 e. The van der Waals surface area contributed by atoms with E-state index in [1.807, 2.05) is 19.2 Å². The molecule has 3 heteroatoms. The fraction of sp³-hybridized carbons (Fsp3) is 0.300. The smallest absolute Gasteiger partial charge is 0.0343 e. The lowest BCUT2D eigenvalue weighted by Crippen LogP contribution is -2.26. The van der Waals surface area contributed by atoms with Crippen molar-refractivity contribution in [1.82, 2.24) is 4.98 Å². The lowest BCUT2D eigenvalue weighted by molar-refractivity contribution is 1.25. The van der Waals surface area contributed by atoms with Gasteiger partial charge in [-0.3, -0.25) is 4.98 Å². The zero-order valence-electron chi connectivity index (χ0n) is 7.59. The molecule has 1 aromatic rings. The van der Waals surface area contributed by atoms with Gasteiger partial charge in [0, 0.05) is 17.2 Å². The Morgan fingerprint density at radius 3 is 2.85 bits per heavy atom. The van der Waals surface area contributed by atoms with Gasteiger partial charge < -0.3 is 0 Å². The highest BCUT2D eigenvalue weighted by Gasteiger charge is 1.91. The first-order chi connectivity index (χ1) is 6.11. The van der Waals surface area contributed by atoms with Gasteiger partial charge in [0.1, 0.15) is 0 Å². The summed E-state index contributed by atoms with van der Waals surface area (Å²) in [6.07, 6.45) is 5.81. The van der Waals surface area contributed by atoms with Crippen LogP contribution in [0.3, 0.4) is 0 Å². The van der Waals surface area contributed by atoms with Gasteiger partial charge in [-0.15, -0.1) is 0 Å². The van der Waals surface area contributed by atoms with Crippen molar-refractivity contribution in [2.75, 3.05) is 0 Å². The van der Waals surface area contributed by atoms with Gasteiger partial charge in [-0.1, -0.05) is 37.9 Å². The Hall–Kier alpha value is -0.150. The van der Waals surface area contributed by atoms with Gasteiger partial charge in [0.2, 0.25) is 0 Å². The van der Waals surface area contributed by atoms with Crippen LogP contribution in [0.2, 0.25) is 0 Å². The lowest BCUT2D eigenvalue weighted by atomic mass is 10.2. The molecule has 13 heavy (non-hydrogen) atoms. The quantitative estimate of drug-likeness (QED) is 0.725. The van der Waals surface area contributed by atoms with Crippen molar-refractivity contribution >= 4 is 42.4 Å². The van der Waals surface area contributed by atoms with Crippen LogP contribution < -0.4 is 10.4 Å². The van der Waals surface area contributed by atoms with Crippen LogP contribution in [0.4, 0.5) is 0 Å². The number of alkyl halides is 1. The normalized spacial score (nSPS) is 17.1. The van der Waals surface area contributed by atoms with Gasteiger partial charge in [0.15, 0.2) is 0 Å². The Morgan fingerprint density at radius 2 is 2.31 bits per heavy atom. The summed E-state index contributed by atoms with van der Waals surface area (Å²) in [6.45, 7) is 4.12. The molecule has 0 saturated heterocycles. The van der Waals surface area contributed by atoms with Crippen LogP contribution in [0.25, 0.3) is 10.6 Å². The summed E-state index contributed by atoms with van der Waals surface area (Å²) in [4.78, 5) is 4.46. The molecule has 1 heterocycles. The lowest BCUT2D eigenvalue weighted by Gasteiger charge is -1.94. The highest BCUT2D eigenvalue weighted by atomic mass is 79.9. The van der Waals surface area contributed by atoms with Crippen LogP contribution >= 0.6 is 31.9 Å². The number of halogens is 2.